The molecule has 0 unspecified atom stereocenters. The summed E-state index contributed by atoms with van der Waals surface area (Å²) in [7, 11) is 3.40. The Morgan fingerprint density at radius 1 is 1.29 bits per heavy atom. The molecule has 0 aliphatic heterocycles. The second-order valence-corrected chi connectivity index (χ2v) is 6.52. The van der Waals surface area contributed by atoms with Gasteiger partial charge in [0, 0.05) is 18.1 Å². The van der Waals surface area contributed by atoms with Crippen molar-refractivity contribution < 1.29 is 9.53 Å². The minimum absolute atomic E-state index is 0.137. The molecule has 5 heteroatoms. The van der Waals surface area contributed by atoms with Crippen molar-refractivity contribution in [3.63, 3.8) is 0 Å². The van der Waals surface area contributed by atoms with Gasteiger partial charge in [0.05, 0.1) is 5.41 Å². The summed E-state index contributed by atoms with van der Waals surface area (Å²) >= 11 is 0. The number of hydrogen-bond donors (Lipinski definition) is 1. The van der Waals surface area contributed by atoms with Gasteiger partial charge in [-0.1, -0.05) is 21.6 Å². The van der Waals surface area contributed by atoms with Crippen LogP contribution in [0.1, 0.15) is 20.8 Å². The van der Waals surface area contributed by atoms with E-state index in [1.54, 1.807) is 21.6 Å². The van der Waals surface area contributed by atoms with Crippen molar-refractivity contribution in [3.05, 3.63) is 0 Å². The zero-order chi connectivity index (χ0) is 11.0. The van der Waals surface area contributed by atoms with Gasteiger partial charge >= 0.3 is 5.97 Å². The van der Waals surface area contributed by atoms with E-state index in [-0.39, 0.29) is 5.97 Å². The third-order valence-electron chi connectivity index (χ3n) is 1.30. The minimum atomic E-state index is -0.394. The largest absolute Gasteiger partial charge is 0.464 e. The van der Waals surface area contributed by atoms with Crippen molar-refractivity contribution in [1.82, 2.24) is 0 Å². The maximum absolute atomic E-state index is 11.3. The lowest BCUT2D eigenvalue weighted by Gasteiger charge is -2.16. The summed E-state index contributed by atoms with van der Waals surface area (Å²) in [6.07, 6.45) is 0. The van der Waals surface area contributed by atoms with Crippen LogP contribution in [0.4, 0.5) is 0 Å². The molecule has 0 rings (SSSR count). The molecule has 0 atom stereocenters. The van der Waals surface area contributed by atoms with Crippen LogP contribution in [0.25, 0.3) is 0 Å². The smallest absolute Gasteiger partial charge is 0.311 e. The summed E-state index contributed by atoms with van der Waals surface area (Å²) in [5, 5.41) is 0. The van der Waals surface area contributed by atoms with Crippen LogP contribution in [0.15, 0.2) is 0 Å². The van der Waals surface area contributed by atoms with Crippen LogP contribution >= 0.6 is 21.6 Å². The van der Waals surface area contributed by atoms with Crippen molar-refractivity contribution in [2.75, 3.05) is 24.7 Å². The molecule has 0 spiro atoms. The highest BCUT2D eigenvalue weighted by molar-refractivity contribution is 8.76. The van der Waals surface area contributed by atoms with Crippen LogP contribution < -0.4 is 5.73 Å². The lowest BCUT2D eigenvalue weighted by molar-refractivity contribution is -0.152. The second-order valence-electron chi connectivity index (χ2n) is 3.82. The molecule has 0 saturated heterocycles. The first-order valence-electron chi connectivity index (χ1n) is 4.60. The fourth-order valence-corrected chi connectivity index (χ4v) is 2.23. The Morgan fingerprint density at radius 3 is 2.36 bits per heavy atom. The molecule has 3 nitrogen and oxygen atoms in total. The Labute approximate surface area is 93.9 Å². The van der Waals surface area contributed by atoms with Crippen molar-refractivity contribution in [2.45, 2.75) is 20.8 Å². The molecule has 0 aromatic carbocycles. The molecule has 0 bridgehead atoms. The minimum Gasteiger partial charge on any atom is -0.464 e. The molecule has 0 fully saturated rings. The molecule has 0 aromatic heterocycles. The van der Waals surface area contributed by atoms with Gasteiger partial charge in [0.1, 0.15) is 6.61 Å². The second kappa shape index (κ2) is 7.43. The molecule has 0 saturated carbocycles. The Balaban J connectivity index is 3.33. The van der Waals surface area contributed by atoms with Gasteiger partial charge in [-0.3, -0.25) is 4.79 Å². The number of nitrogens with two attached hydrogens (primary N) is 1. The molecule has 2 N–H and O–H groups in total. The van der Waals surface area contributed by atoms with E-state index < -0.39 is 5.41 Å². The average molecular weight is 237 g/mol. The third-order valence-corrected chi connectivity index (χ3v) is 3.70. The molecular formula is C9H19NO2S2. The summed E-state index contributed by atoms with van der Waals surface area (Å²) < 4.78 is 5.08. The summed E-state index contributed by atoms with van der Waals surface area (Å²) in [5.41, 5.74) is 4.94. The highest BCUT2D eigenvalue weighted by atomic mass is 33.1. The van der Waals surface area contributed by atoms with Crippen LogP contribution in [0.3, 0.4) is 0 Å². The number of rotatable bonds is 6. The van der Waals surface area contributed by atoms with E-state index in [1.165, 1.54) is 0 Å². The van der Waals surface area contributed by atoms with E-state index in [0.29, 0.717) is 13.2 Å². The van der Waals surface area contributed by atoms with E-state index in [0.717, 1.165) is 11.5 Å². The predicted octanol–water partition coefficient (Wildman–Crippen LogP) is 1.92. The Bertz CT molecular complexity index is 169. The van der Waals surface area contributed by atoms with E-state index in [1.807, 2.05) is 20.8 Å². The summed E-state index contributed by atoms with van der Waals surface area (Å²) in [6, 6.07) is 0. The third kappa shape index (κ3) is 7.53. The topological polar surface area (TPSA) is 52.3 Å². The van der Waals surface area contributed by atoms with E-state index in [9.17, 15) is 4.79 Å². The number of hydrogen-bond acceptors (Lipinski definition) is 5. The number of ether oxygens (including phenoxy) is 1. The average Bonchev–Trinajstić information content (AvgIpc) is 2.09. The standard InChI is InChI=1S/C9H19NO2S2/c1-9(2,3)8(11)12-5-7-14-13-6-4-10/h4-7,10H2,1-3H3. The Morgan fingerprint density at radius 2 is 1.86 bits per heavy atom. The van der Waals surface area contributed by atoms with Gasteiger partial charge in [0.2, 0.25) is 0 Å². The Hall–Kier alpha value is 0.130. The first kappa shape index (κ1) is 14.1. The van der Waals surface area contributed by atoms with Crippen LogP contribution in [-0.2, 0) is 9.53 Å². The number of carbonyl (C=O) groups excluding carboxylic acids is 1. The molecule has 0 radical (unpaired) electrons. The highest BCUT2D eigenvalue weighted by Gasteiger charge is 2.22. The van der Waals surface area contributed by atoms with Gasteiger partial charge in [-0.25, -0.2) is 0 Å². The molecular weight excluding hydrogens is 218 g/mol. The zero-order valence-electron chi connectivity index (χ0n) is 9.04. The van der Waals surface area contributed by atoms with E-state index in [4.69, 9.17) is 10.5 Å². The normalized spacial score (nSPS) is 11.4. The maximum Gasteiger partial charge on any atom is 0.311 e. The molecule has 84 valence electrons. The van der Waals surface area contributed by atoms with E-state index in [2.05, 4.69) is 0 Å². The highest BCUT2D eigenvalue weighted by Crippen LogP contribution is 2.20. The summed E-state index contributed by atoms with van der Waals surface area (Å²) in [5.74, 6) is 1.63. The molecule has 0 aromatic rings. The SMILES string of the molecule is CC(C)(C)C(=O)OCCSSCCN. The quantitative estimate of drug-likeness (QED) is 0.434. The first-order valence-corrected chi connectivity index (χ1v) is 7.09. The predicted molar refractivity (Wildman–Crippen MR) is 64.4 cm³/mol. The Kier molecular flexibility index (Phi) is 7.49. The van der Waals surface area contributed by atoms with Gasteiger partial charge in [0.15, 0.2) is 0 Å². The van der Waals surface area contributed by atoms with Crippen LogP contribution in [0.2, 0.25) is 0 Å². The van der Waals surface area contributed by atoms with Crippen LogP contribution in [-0.4, -0.2) is 30.6 Å². The lowest BCUT2D eigenvalue weighted by Crippen LogP contribution is -2.23. The van der Waals surface area contributed by atoms with E-state index >= 15 is 0 Å². The number of esters is 1. The van der Waals surface area contributed by atoms with Gasteiger partial charge in [-0.05, 0) is 20.8 Å². The monoisotopic (exact) mass is 237 g/mol. The molecule has 0 amide bonds. The van der Waals surface area contributed by atoms with Crippen LogP contribution in [0.5, 0.6) is 0 Å². The fourth-order valence-electron chi connectivity index (χ4n) is 0.551. The molecule has 0 aliphatic rings. The summed E-state index contributed by atoms with van der Waals surface area (Å²) in [6.45, 7) is 6.74. The van der Waals surface area contributed by atoms with Crippen molar-refractivity contribution >= 4 is 27.6 Å². The van der Waals surface area contributed by atoms with Gasteiger partial charge in [-0.2, -0.15) is 0 Å². The first-order chi connectivity index (χ1) is 6.48. The zero-order valence-corrected chi connectivity index (χ0v) is 10.7. The molecule has 0 aliphatic carbocycles. The number of carbonyl (C=O) groups is 1. The molecule has 0 heterocycles. The lowest BCUT2D eigenvalue weighted by atomic mass is 9.97. The molecule has 14 heavy (non-hydrogen) atoms. The van der Waals surface area contributed by atoms with Gasteiger partial charge in [0.25, 0.3) is 0 Å². The van der Waals surface area contributed by atoms with Crippen molar-refractivity contribution in [3.8, 4) is 0 Å². The van der Waals surface area contributed by atoms with Crippen molar-refractivity contribution in [1.29, 1.82) is 0 Å². The summed E-state index contributed by atoms with van der Waals surface area (Å²) in [4.78, 5) is 11.3. The fraction of sp³-hybridized carbons (Fsp3) is 0.889. The maximum atomic E-state index is 11.3. The van der Waals surface area contributed by atoms with Crippen molar-refractivity contribution in [2.24, 2.45) is 11.1 Å². The van der Waals surface area contributed by atoms with Crippen LogP contribution in [0, 0.1) is 5.41 Å². The van der Waals surface area contributed by atoms with Gasteiger partial charge < -0.3 is 10.5 Å². The van der Waals surface area contributed by atoms with Gasteiger partial charge in [-0.15, -0.1) is 0 Å².